The maximum atomic E-state index is 13.3. The van der Waals surface area contributed by atoms with Gasteiger partial charge in [-0.25, -0.2) is 9.97 Å². The molecule has 2 aliphatic rings. The van der Waals surface area contributed by atoms with Gasteiger partial charge in [-0.15, -0.1) is 0 Å². The lowest BCUT2D eigenvalue weighted by molar-refractivity contribution is -0.137. The standard InChI is InChI=1S/C25H33N5O2/c1-17-12-18(2)14-22(13-17)25(32)30-7-5-6-21(16-30)24(31)29-10-8-28(9-11-29)23-15-19(3)26-20(4)27-23/h12-15,21H,5-11,16H2,1-4H3. The average Bonchev–Trinajstić information content (AvgIpc) is 2.77. The summed E-state index contributed by atoms with van der Waals surface area (Å²) in [6.07, 6.45) is 1.71. The Hall–Kier alpha value is -2.96. The molecule has 1 unspecified atom stereocenters. The van der Waals surface area contributed by atoms with Crippen LogP contribution in [-0.4, -0.2) is 70.9 Å². The highest BCUT2D eigenvalue weighted by molar-refractivity contribution is 5.95. The maximum absolute atomic E-state index is 13.3. The predicted molar refractivity (Wildman–Crippen MR) is 125 cm³/mol. The molecule has 2 aromatic rings. The molecule has 1 aromatic heterocycles. The van der Waals surface area contributed by atoms with Crippen molar-refractivity contribution in [3.63, 3.8) is 0 Å². The first kappa shape index (κ1) is 22.2. The summed E-state index contributed by atoms with van der Waals surface area (Å²) in [6.45, 7) is 12.0. The minimum absolute atomic E-state index is 0.0358. The fraction of sp³-hybridized carbons (Fsp3) is 0.520. The Kier molecular flexibility index (Phi) is 6.44. The third-order valence-electron chi connectivity index (χ3n) is 6.39. The van der Waals surface area contributed by atoms with Crippen LogP contribution in [0.1, 0.15) is 45.8 Å². The van der Waals surface area contributed by atoms with E-state index in [-0.39, 0.29) is 17.7 Å². The molecule has 0 aliphatic carbocycles. The van der Waals surface area contributed by atoms with Crippen molar-refractivity contribution in [3.8, 4) is 0 Å². The van der Waals surface area contributed by atoms with Crippen LogP contribution in [0.25, 0.3) is 0 Å². The zero-order chi connectivity index (χ0) is 22.8. The first-order chi connectivity index (χ1) is 15.3. The van der Waals surface area contributed by atoms with Gasteiger partial charge in [-0.1, -0.05) is 17.2 Å². The highest BCUT2D eigenvalue weighted by Crippen LogP contribution is 2.23. The van der Waals surface area contributed by atoms with E-state index in [0.29, 0.717) is 19.6 Å². The fourth-order valence-corrected chi connectivity index (χ4v) is 4.92. The van der Waals surface area contributed by atoms with Gasteiger partial charge in [0.05, 0.1) is 5.92 Å². The number of hydrogen-bond acceptors (Lipinski definition) is 5. The van der Waals surface area contributed by atoms with Crippen molar-refractivity contribution in [2.24, 2.45) is 5.92 Å². The summed E-state index contributed by atoms with van der Waals surface area (Å²) in [5.74, 6) is 1.80. The molecule has 170 valence electrons. The van der Waals surface area contributed by atoms with Crippen LogP contribution in [0.2, 0.25) is 0 Å². The summed E-state index contributed by atoms with van der Waals surface area (Å²) in [7, 11) is 0. The number of hydrogen-bond donors (Lipinski definition) is 0. The maximum Gasteiger partial charge on any atom is 0.253 e. The summed E-state index contributed by atoms with van der Waals surface area (Å²) in [5.41, 5.74) is 3.86. The number of piperazine rings is 1. The Morgan fingerprint density at radius 2 is 1.53 bits per heavy atom. The monoisotopic (exact) mass is 435 g/mol. The Morgan fingerprint density at radius 3 is 2.19 bits per heavy atom. The van der Waals surface area contributed by atoms with Crippen LogP contribution in [0.3, 0.4) is 0 Å². The number of anilines is 1. The molecule has 0 radical (unpaired) electrons. The molecule has 0 bridgehead atoms. The van der Waals surface area contributed by atoms with E-state index in [4.69, 9.17) is 0 Å². The molecule has 3 heterocycles. The number of rotatable bonds is 3. The number of aromatic nitrogens is 2. The third kappa shape index (κ3) is 4.92. The lowest BCUT2D eigenvalue weighted by Crippen LogP contribution is -2.53. The molecule has 0 saturated carbocycles. The first-order valence-corrected chi connectivity index (χ1v) is 11.5. The topological polar surface area (TPSA) is 69.6 Å². The molecule has 1 aromatic carbocycles. The van der Waals surface area contributed by atoms with E-state index in [2.05, 4.69) is 20.9 Å². The molecule has 4 rings (SSSR count). The highest BCUT2D eigenvalue weighted by atomic mass is 16.2. The number of piperidine rings is 1. The number of carbonyl (C=O) groups is 2. The SMILES string of the molecule is Cc1cc(C)cc(C(=O)N2CCCC(C(=O)N3CCN(c4cc(C)nc(C)n4)CC3)C2)c1. The van der Waals surface area contributed by atoms with Gasteiger partial charge in [-0.3, -0.25) is 9.59 Å². The van der Waals surface area contributed by atoms with E-state index in [1.165, 1.54) is 0 Å². The molecule has 0 spiro atoms. The highest BCUT2D eigenvalue weighted by Gasteiger charge is 2.33. The minimum Gasteiger partial charge on any atom is -0.353 e. The third-order valence-corrected chi connectivity index (χ3v) is 6.39. The first-order valence-electron chi connectivity index (χ1n) is 11.5. The van der Waals surface area contributed by atoms with Gasteiger partial charge in [0.25, 0.3) is 5.91 Å². The van der Waals surface area contributed by atoms with Crippen LogP contribution in [0.4, 0.5) is 5.82 Å². The molecule has 2 saturated heterocycles. The van der Waals surface area contributed by atoms with Gasteiger partial charge in [0, 0.05) is 56.6 Å². The van der Waals surface area contributed by atoms with Crippen molar-refractivity contribution in [2.45, 2.75) is 40.5 Å². The Morgan fingerprint density at radius 1 is 0.844 bits per heavy atom. The normalized spacial score (nSPS) is 19.2. The van der Waals surface area contributed by atoms with Crippen LogP contribution in [0.5, 0.6) is 0 Å². The van der Waals surface area contributed by atoms with Gasteiger partial charge >= 0.3 is 0 Å². The lowest BCUT2D eigenvalue weighted by atomic mass is 9.95. The molecule has 7 nitrogen and oxygen atoms in total. The number of amides is 2. The van der Waals surface area contributed by atoms with Crippen LogP contribution < -0.4 is 4.90 Å². The second kappa shape index (κ2) is 9.27. The zero-order valence-electron chi connectivity index (χ0n) is 19.6. The second-order valence-electron chi connectivity index (χ2n) is 9.19. The average molecular weight is 436 g/mol. The van der Waals surface area contributed by atoms with E-state index >= 15 is 0 Å². The number of nitrogens with zero attached hydrogens (tertiary/aromatic N) is 5. The van der Waals surface area contributed by atoms with Crippen LogP contribution in [0, 0.1) is 33.6 Å². The van der Waals surface area contributed by atoms with Gasteiger partial charge in [0.1, 0.15) is 11.6 Å². The largest absolute Gasteiger partial charge is 0.353 e. The van der Waals surface area contributed by atoms with Crippen LogP contribution in [-0.2, 0) is 4.79 Å². The number of carbonyl (C=O) groups excluding carboxylic acids is 2. The fourth-order valence-electron chi connectivity index (χ4n) is 4.92. The predicted octanol–water partition coefficient (Wildman–Crippen LogP) is 2.91. The van der Waals surface area contributed by atoms with E-state index in [1.54, 1.807) is 0 Å². The van der Waals surface area contributed by atoms with E-state index in [9.17, 15) is 9.59 Å². The summed E-state index contributed by atoms with van der Waals surface area (Å²) >= 11 is 0. The number of likely N-dealkylation sites (tertiary alicyclic amines) is 1. The van der Waals surface area contributed by atoms with E-state index < -0.39 is 0 Å². The molecular formula is C25H33N5O2. The van der Waals surface area contributed by atoms with Gasteiger partial charge in [0.15, 0.2) is 0 Å². The summed E-state index contributed by atoms with van der Waals surface area (Å²) < 4.78 is 0. The molecule has 0 N–H and O–H groups in total. The molecule has 2 fully saturated rings. The summed E-state index contributed by atoms with van der Waals surface area (Å²) in [4.78, 5) is 41.3. The molecule has 7 heteroatoms. The van der Waals surface area contributed by atoms with Gasteiger partial charge < -0.3 is 14.7 Å². The Labute approximate surface area is 190 Å². The van der Waals surface area contributed by atoms with Crippen molar-refractivity contribution in [3.05, 3.63) is 52.5 Å². The molecule has 1 atom stereocenters. The molecular weight excluding hydrogens is 402 g/mol. The van der Waals surface area contributed by atoms with Gasteiger partial charge in [-0.05, 0) is 52.7 Å². The number of benzene rings is 1. The smallest absolute Gasteiger partial charge is 0.253 e. The van der Waals surface area contributed by atoms with Crippen molar-refractivity contribution in [1.82, 2.24) is 19.8 Å². The van der Waals surface area contributed by atoms with Crippen molar-refractivity contribution >= 4 is 17.6 Å². The lowest BCUT2D eigenvalue weighted by Gasteiger charge is -2.39. The van der Waals surface area contributed by atoms with Crippen LogP contribution >= 0.6 is 0 Å². The van der Waals surface area contributed by atoms with Gasteiger partial charge in [0.2, 0.25) is 5.91 Å². The number of aryl methyl sites for hydroxylation is 4. The summed E-state index contributed by atoms with van der Waals surface area (Å²) in [5, 5.41) is 0. The quantitative estimate of drug-likeness (QED) is 0.742. The Bertz CT molecular complexity index is 973. The van der Waals surface area contributed by atoms with E-state index in [1.807, 2.05) is 55.7 Å². The van der Waals surface area contributed by atoms with Crippen molar-refractivity contribution in [1.29, 1.82) is 0 Å². The van der Waals surface area contributed by atoms with Crippen LogP contribution in [0.15, 0.2) is 24.3 Å². The van der Waals surface area contributed by atoms with Gasteiger partial charge in [-0.2, -0.15) is 0 Å². The van der Waals surface area contributed by atoms with Crippen molar-refractivity contribution in [2.75, 3.05) is 44.2 Å². The minimum atomic E-state index is -0.117. The molecule has 32 heavy (non-hydrogen) atoms. The molecule has 2 amide bonds. The van der Waals surface area contributed by atoms with E-state index in [0.717, 1.165) is 66.5 Å². The summed E-state index contributed by atoms with van der Waals surface area (Å²) in [6, 6.07) is 7.96. The van der Waals surface area contributed by atoms with Crippen molar-refractivity contribution < 1.29 is 9.59 Å². The zero-order valence-corrected chi connectivity index (χ0v) is 19.6. The second-order valence-corrected chi connectivity index (χ2v) is 9.19. The Balaban J connectivity index is 1.37. The molecule has 2 aliphatic heterocycles.